The molecule has 0 bridgehead atoms. The highest BCUT2D eigenvalue weighted by Gasteiger charge is 2.10. The second kappa shape index (κ2) is 3.74. The van der Waals surface area contributed by atoms with Gasteiger partial charge >= 0.3 is 0 Å². The molecular formula is C13H15FN2. The predicted molar refractivity (Wildman–Crippen MR) is 62.5 cm³/mol. The minimum absolute atomic E-state index is 0.209. The van der Waals surface area contributed by atoms with Crippen LogP contribution in [0.1, 0.15) is 22.5 Å². The number of benzene rings is 1. The van der Waals surface area contributed by atoms with Crippen LogP contribution in [0.5, 0.6) is 0 Å². The Morgan fingerprint density at radius 1 is 1.12 bits per heavy atom. The van der Waals surface area contributed by atoms with Crippen LogP contribution in [0, 0.1) is 33.5 Å². The van der Waals surface area contributed by atoms with E-state index in [0.29, 0.717) is 0 Å². The van der Waals surface area contributed by atoms with Crippen LogP contribution >= 0.6 is 0 Å². The molecular weight excluding hydrogens is 203 g/mol. The molecule has 2 rings (SSSR count). The molecule has 0 radical (unpaired) electrons. The average Bonchev–Trinajstić information content (AvgIpc) is 2.46. The van der Waals surface area contributed by atoms with E-state index in [9.17, 15) is 4.39 Å². The Kier molecular flexibility index (Phi) is 2.54. The monoisotopic (exact) mass is 218 g/mol. The number of hydrogen-bond acceptors (Lipinski definition) is 1. The van der Waals surface area contributed by atoms with Crippen LogP contribution in [0.2, 0.25) is 0 Å². The minimum atomic E-state index is -0.209. The van der Waals surface area contributed by atoms with Gasteiger partial charge in [-0.1, -0.05) is 0 Å². The summed E-state index contributed by atoms with van der Waals surface area (Å²) in [6, 6.07) is 4.76. The molecule has 0 aliphatic heterocycles. The molecule has 0 spiro atoms. The zero-order valence-corrected chi connectivity index (χ0v) is 10.0. The molecule has 0 saturated heterocycles. The third-order valence-electron chi connectivity index (χ3n) is 3.04. The number of rotatable bonds is 1. The molecule has 1 heterocycles. The van der Waals surface area contributed by atoms with Gasteiger partial charge in [-0.3, -0.25) is 0 Å². The fourth-order valence-corrected chi connectivity index (χ4v) is 1.81. The van der Waals surface area contributed by atoms with Gasteiger partial charge in [0.15, 0.2) is 0 Å². The standard InChI is InChI=1S/C13H15FN2/c1-8-7-12(14)5-6-13(8)16-11(4)9(2)10(3)15-16/h5-7H,1-4H3. The molecule has 0 N–H and O–H groups in total. The lowest BCUT2D eigenvalue weighted by molar-refractivity contribution is 0.625. The van der Waals surface area contributed by atoms with E-state index < -0.39 is 0 Å². The number of aromatic nitrogens is 2. The van der Waals surface area contributed by atoms with Crippen molar-refractivity contribution < 1.29 is 4.39 Å². The summed E-state index contributed by atoms with van der Waals surface area (Å²) in [5.41, 5.74) is 5.14. The fraction of sp³-hybridized carbons (Fsp3) is 0.308. The van der Waals surface area contributed by atoms with Crippen LogP contribution in [0.3, 0.4) is 0 Å². The highest BCUT2D eigenvalue weighted by molar-refractivity contribution is 5.42. The van der Waals surface area contributed by atoms with Gasteiger partial charge in [0.25, 0.3) is 0 Å². The molecule has 0 saturated carbocycles. The molecule has 16 heavy (non-hydrogen) atoms. The summed E-state index contributed by atoms with van der Waals surface area (Å²) in [7, 11) is 0. The van der Waals surface area contributed by atoms with Crippen molar-refractivity contribution in [2.24, 2.45) is 0 Å². The minimum Gasteiger partial charge on any atom is -0.237 e. The van der Waals surface area contributed by atoms with Crippen molar-refractivity contribution in [3.05, 3.63) is 46.5 Å². The lowest BCUT2D eigenvalue weighted by Crippen LogP contribution is -2.02. The van der Waals surface area contributed by atoms with E-state index in [1.165, 1.54) is 17.7 Å². The Bertz CT molecular complexity index is 541. The summed E-state index contributed by atoms with van der Waals surface area (Å²) in [5.74, 6) is -0.209. The first kappa shape index (κ1) is 10.9. The molecule has 1 aromatic carbocycles. The highest BCUT2D eigenvalue weighted by atomic mass is 19.1. The smallest absolute Gasteiger partial charge is 0.123 e. The molecule has 0 atom stereocenters. The van der Waals surface area contributed by atoms with E-state index >= 15 is 0 Å². The van der Waals surface area contributed by atoms with Crippen molar-refractivity contribution in [2.45, 2.75) is 27.7 Å². The van der Waals surface area contributed by atoms with Crippen molar-refractivity contribution in [1.29, 1.82) is 0 Å². The van der Waals surface area contributed by atoms with E-state index in [-0.39, 0.29) is 5.82 Å². The lowest BCUT2D eigenvalue weighted by atomic mass is 10.2. The zero-order chi connectivity index (χ0) is 11.9. The number of aryl methyl sites for hydroxylation is 2. The zero-order valence-electron chi connectivity index (χ0n) is 10.0. The van der Waals surface area contributed by atoms with Crippen LogP contribution in [0.15, 0.2) is 18.2 Å². The van der Waals surface area contributed by atoms with Gasteiger partial charge < -0.3 is 0 Å². The van der Waals surface area contributed by atoms with Crippen molar-refractivity contribution in [1.82, 2.24) is 9.78 Å². The molecule has 1 aromatic heterocycles. The summed E-state index contributed by atoms with van der Waals surface area (Å²) in [4.78, 5) is 0. The lowest BCUT2D eigenvalue weighted by Gasteiger charge is -2.08. The van der Waals surface area contributed by atoms with Gasteiger partial charge in [-0.2, -0.15) is 5.10 Å². The first-order valence-electron chi connectivity index (χ1n) is 5.30. The summed E-state index contributed by atoms with van der Waals surface area (Å²) in [6.45, 7) is 7.95. The Morgan fingerprint density at radius 2 is 1.81 bits per heavy atom. The average molecular weight is 218 g/mol. The SMILES string of the molecule is Cc1cc(F)ccc1-n1nc(C)c(C)c1C. The molecule has 2 nitrogen and oxygen atoms in total. The number of hydrogen-bond donors (Lipinski definition) is 0. The molecule has 0 unspecified atom stereocenters. The number of halogens is 1. The summed E-state index contributed by atoms with van der Waals surface area (Å²) < 4.78 is 14.9. The van der Waals surface area contributed by atoms with Gasteiger partial charge in [0.2, 0.25) is 0 Å². The Morgan fingerprint density at radius 3 is 2.31 bits per heavy atom. The van der Waals surface area contributed by atoms with Gasteiger partial charge in [-0.25, -0.2) is 9.07 Å². The second-order valence-electron chi connectivity index (χ2n) is 4.14. The maximum absolute atomic E-state index is 13.0. The Balaban J connectivity index is 2.63. The number of nitrogens with zero attached hydrogens (tertiary/aromatic N) is 2. The van der Waals surface area contributed by atoms with Crippen LogP contribution in [0.4, 0.5) is 4.39 Å². The maximum atomic E-state index is 13.0. The summed E-state index contributed by atoms with van der Waals surface area (Å²) in [6.07, 6.45) is 0. The van der Waals surface area contributed by atoms with Crippen LogP contribution in [-0.4, -0.2) is 9.78 Å². The largest absolute Gasteiger partial charge is 0.237 e. The van der Waals surface area contributed by atoms with E-state index in [2.05, 4.69) is 5.10 Å². The van der Waals surface area contributed by atoms with E-state index in [0.717, 1.165) is 22.6 Å². The quantitative estimate of drug-likeness (QED) is 0.718. The molecule has 0 aliphatic carbocycles. The van der Waals surface area contributed by atoms with Gasteiger partial charge in [0, 0.05) is 5.69 Å². The van der Waals surface area contributed by atoms with Crippen molar-refractivity contribution in [2.75, 3.05) is 0 Å². The Hall–Kier alpha value is -1.64. The van der Waals surface area contributed by atoms with E-state index in [1.807, 2.05) is 32.4 Å². The fourth-order valence-electron chi connectivity index (χ4n) is 1.81. The predicted octanol–water partition coefficient (Wildman–Crippen LogP) is 3.25. The Labute approximate surface area is 94.7 Å². The van der Waals surface area contributed by atoms with Gasteiger partial charge in [-0.05, 0) is 57.0 Å². The highest BCUT2D eigenvalue weighted by Crippen LogP contribution is 2.20. The maximum Gasteiger partial charge on any atom is 0.123 e. The molecule has 0 aliphatic rings. The molecule has 2 aromatic rings. The molecule has 0 fully saturated rings. The van der Waals surface area contributed by atoms with Gasteiger partial charge in [0.05, 0.1) is 11.4 Å². The second-order valence-corrected chi connectivity index (χ2v) is 4.14. The molecule has 0 amide bonds. The van der Waals surface area contributed by atoms with Crippen molar-refractivity contribution >= 4 is 0 Å². The van der Waals surface area contributed by atoms with Crippen molar-refractivity contribution in [3.8, 4) is 5.69 Å². The first-order valence-corrected chi connectivity index (χ1v) is 5.30. The van der Waals surface area contributed by atoms with E-state index in [4.69, 9.17) is 0 Å². The van der Waals surface area contributed by atoms with Crippen LogP contribution in [0.25, 0.3) is 5.69 Å². The van der Waals surface area contributed by atoms with Crippen molar-refractivity contribution in [3.63, 3.8) is 0 Å². The molecule has 3 heteroatoms. The van der Waals surface area contributed by atoms with Gasteiger partial charge in [-0.15, -0.1) is 0 Å². The topological polar surface area (TPSA) is 17.8 Å². The molecule has 84 valence electrons. The van der Waals surface area contributed by atoms with Crippen LogP contribution < -0.4 is 0 Å². The summed E-state index contributed by atoms with van der Waals surface area (Å²) in [5, 5.41) is 4.46. The third-order valence-corrected chi connectivity index (χ3v) is 3.04. The normalized spacial score (nSPS) is 10.8. The summed E-state index contributed by atoms with van der Waals surface area (Å²) >= 11 is 0. The van der Waals surface area contributed by atoms with Crippen LogP contribution in [-0.2, 0) is 0 Å². The third kappa shape index (κ3) is 1.62. The van der Waals surface area contributed by atoms with Gasteiger partial charge in [0.1, 0.15) is 5.82 Å². The first-order chi connectivity index (χ1) is 7.50. The van der Waals surface area contributed by atoms with E-state index in [1.54, 1.807) is 6.07 Å².